The monoisotopic (exact) mass is 388 g/mol. The molecule has 27 heavy (non-hydrogen) atoms. The fraction of sp³-hybridized carbons (Fsp3) is 0.842. The third kappa shape index (κ3) is 5.49. The lowest BCUT2D eigenvalue weighted by atomic mass is 9.88. The first-order valence-corrected chi connectivity index (χ1v) is 9.60. The highest BCUT2D eigenvalue weighted by molar-refractivity contribution is 5.69. The zero-order valence-corrected chi connectivity index (χ0v) is 15.9. The Morgan fingerprint density at radius 2 is 1.89 bits per heavy atom. The summed E-state index contributed by atoms with van der Waals surface area (Å²) in [5.74, 6) is -0.133. The number of hydrogen-bond donors (Lipinski definition) is 4. The fourth-order valence-electron chi connectivity index (χ4n) is 3.95. The standard InChI is InChI=1S/C19H32O8/c1-3-4-5-6-12-11(9-15(21)25-2)7-8-13(12)26-19-18(24)17(23)16(22)14(10-20)27-19/h4-5,11-14,16-20,22-24H,3,6-10H2,1-2H3/b5-4-/t11-,12-,13+,14-,16-,17+,18-,19-/m1/s1. The van der Waals surface area contributed by atoms with Crippen molar-refractivity contribution in [3.05, 3.63) is 12.2 Å². The van der Waals surface area contributed by atoms with Crippen molar-refractivity contribution in [3.8, 4) is 0 Å². The summed E-state index contributed by atoms with van der Waals surface area (Å²) in [5.41, 5.74) is 0. The Morgan fingerprint density at radius 3 is 2.52 bits per heavy atom. The maximum absolute atomic E-state index is 11.7. The lowest BCUT2D eigenvalue weighted by Gasteiger charge is -2.41. The normalized spacial score (nSPS) is 39.8. The molecule has 0 aromatic carbocycles. The highest BCUT2D eigenvalue weighted by Gasteiger charge is 2.47. The molecule has 2 aliphatic rings. The van der Waals surface area contributed by atoms with Crippen LogP contribution in [0, 0.1) is 11.8 Å². The van der Waals surface area contributed by atoms with Crippen LogP contribution < -0.4 is 0 Å². The van der Waals surface area contributed by atoms with E-state index < -0.39 is 37.3 Å². The molecule has 2 fully saturated rings. The highest BCUT2D eigenvalue weighted by Crippen LogP contribution is 2.40. The van der Waals surface area contributed by atoms with Crippen LogP contribution >= 0.6 is 0 Å². The van der Waals surface area contributed by atoms with Gasteiger partial charge in [-0.15, -0.1) is 0 Å². The number of ether oxygens (including phenoxy) is 3. The number of hydrogen-bond acceptors (Lipinski definition) is 8. The second kappa shape index (κ2) is 10.5. The SMILES string of the molecule is CC/C=C\C[C@@H]1[C@@H](CC(=O)OC)CC[C@@H]1O[C@@H]1O[C@H](CO)[C@@H](O)[C@H](O)[C@H]1O. The minimum absolute atomic E-state index is 0.0410. The Balaban J connectivity index is 2.07. The van der Waals surface area contributed by atoms with Gasteiger partial charge in [-0.2, -0.15) is 0 Å². The van der Waals surface area contributed by atoms with Gasteiger partial charge >= 0.3 is 5.97 Å². The summed E-state index contributed by atoms with van der Waals surface area (Å²) in [7, 11) is 1.37. The second-order valence-electron chi connectivity index (χ2n) is 7.27. The van der Waals surface area contributed by atoms with Crippen LogP contribution in [0.25, 0.3) is 0 Å². The molecular weight excluding hydrogens is 356 g/mol. The van der Waals surface area contributed by atoms with E-state index in [9.17, 15) is 25.2 Å². The first-order valence-electron chi connectivity index (χ1n) is 9.60. The van der Waals surface area contributed by atoms with Crippen LogP contribution in [-0.4, -0.2) is 76.9 Å². The number of allylic oxidation sites excluding steroid dienone is 2. The summed E-state index contributed by atoms with van der Waals surface area (Å²) in [6.45, 7) is 1.54. The summed E-state index contributed by atoms with van der Waals surface area (Å²) in [4.78, 5) is 11.7. The predicted octanol–water partition coefficient (Wildman–Crippen LogP) is 0.117. The number of carbonyl (C=O) groups excluding carboxylic acids is 1. The zero-order valence-electron chi connectivity index (χ0n) is 15.9. The van der Waals surface area contributed by atoms with E-state index >= 15 is 0 Å². The average Bonchev–Trinajstić information content (AvgIpc) is 3.03. The highest BCUT2D eigenvalue weighted by atomic mass is 16.7. The zero-order chi connectivity index (χ0) is 20.0. The Kier molecular flexibility index (Phi) is 8.65. The molecule has 0 bridgehead atoms. The van der Waals surface area contributed by atoms with Gasteiger partial charge in [-0.05, 0) is 37.5 Å². The molecule has 0 unspecified atom stereocenters. The van der Waals surface area contributed by atoms with Gasteiger partial charge in [0, 0.05) is 6.42 Å². The molecule has 2 rings (SSSR count). The van der Waals surface area contributed by atoms with Crippen molar-refractivity contribution in [1.82, 2.24) is 0 Å². The number of aliphatic hydroxyl groups excluding tert-OH is 4. The molecule has 1 heterocycles. The van der Waals surface area contributed by atoms with Crippen molar-refractivity contribution < 1.29 is 39.4 Å². The molecular formula is C19H32O8. The van der Waals surface area contributed by atoms with Crippen molar-refractivity contribution in [2.45, 2.75) is 75.8 Å². The molecule has 0 aromatic rings. The molecule has 4 N–H and O–H groups in total. The quantitative estimate of drug-likeness (QED) is 0.341. The van der Waals surface area contributed by atoms with Crippen molar-refractivity contribution in [2.24, 2.45) is 11.8 Å². The Hall–Kier alpha value is -1.03. The lowest BCUT2D eigenvalue weighted by Crippen LogP contribution is -2.59. The Bertz CT molecular complexity index is 494. The van der Waals surface area contributed by atoms with E-state index in [0.29, 0.717) is 12.8 Å². The molecule has 1 saturated heterocycles. The third-order valence-corrected chi connectivity index (χ3v) is 5.53. The van der Waals surface area contributed by atoms with Crippen LogP contribution in [0.1, 0.15) is 39.0 Å². The molecule has 0 aromatic heterocycles. The summed E-state index contributed by atoms with van der Waals surface area (Å²) in [5, 5.41) is 39.3. The number of methoxy groups -OCH3 is 1. The predicted molar refractivity (Wildman–Crippen MR) is 95.5 cm³/mol. The minimum Gasteiger partial charge on any atom is -0.469 e. The van der Waals surface area contributed by atoms with Crippen LogP contribution in [-0.2, 0) is 19.0 Å². The van der Waals surface area contributed by atoms with Gasteiger partial charge in [0.25, 0.3) is 0 Å². The molecule has 0 amide bonds. The molecule has 0 radical (unpaired) electrons. The first kappa shape index (κ1) is 22.3. The maximum atomic E-state index is 11.7. The fourth-order valence-corrected chi connectivity index (χ4v) is 3.95. The van der Waals surface area contributed by atoms with E-state index in [0.717, 1.165) is 19.3 Å². The summed E-state index contributed by atoms with van der Waals surface area (Å²) < 4.78 is 16.2. The molecule has 8 heteroatoms. The van der Waals surface area contributed by atoms with Gasteiger partial charge in [0.15, 0.2) is 6.29 Å². The first-order chi connectivity index (χ1) is 12.9. The van der Waals surface area contributed by atoms with Crippen molar-refractivity contribution >= 4 is 5.97 Å². The summed E-state index contributed by atoms with van der Waals surface area (Å²) in [6, 6.07) is 0. The minimum atomic E-state index is -1.47. The van der Waals surface area contributed by atoms with Crippen LogP contribution in [0.4, 0.5) is 0 Å². The van der Waals surface area contributed by atoms with Crippen molar-refractivity contribution in [2.75, 3.05) is 13.7 Å². The van der Waals surface area contributed by atoms with Crippen LogP contribution in [0.3, 0.4) is 0 Å². The molecule has 1 aliphatic heterocycles. The Morgan fingerprint density at radius 1 is 1.15 bits per heavy atom. The number of esters is 1. The summed E-state index contributed by atoms with van der Waals surface area (Å²) >= 11 is 0. The van der Waals surface area contributed by atoms with E-state index in [1.54, 1.807) is 0 Å². The second-order valence-corrected chi connectivity index (χ2v) is 7.27. The van der Waals surface area contributed by atoms with Gasteiger partial charge in [-0.1, -0.05) is 19.1 Å². The molecule has 0 spiro atoms. The number of aliphatic hydroxyl groups is 4. The van der Waals surface area contributed by atoms with Gasteiger partial charge in [0.1, 0.15) is 24.4 Å². The Labute approximate surface area is 159 Å². The van der Waals surface area contributed by atoms with Crippen molar-refractivity contribution in [3.63, 3.8) is 0 Å². The smallest absolute Gasteiger partial charge is 0.305 e. The molecule has 1 saturated carbocycles. The number of carbonyl (C=O) groups is 1. The average molecular weight is 388 g/mol. The topological polar surface area (TPSA) is 126 Å². The van der Waals surface area contributed by atoms with Crippen LogP contribution in [0.5, 0.6) is 0 Å². The maximum Gasteiger partial charge on any atom is 0.305 e. The largest absolute Gasteiger partial charge is 0.469 e. The van der Waals surface area contributed by atoms with Gasteiger partial charge in [-0.25, -0.2) is 0 Å². The molecule has 156 valence electrons. The van der Waals surface area contributed by atoms with E-state index in [1.807, 2.05) is 6.92 Å². The van der Waals surface area contributed by atoms with E-state index in [1.165, 1.54) is 7.11 Å². The van der Waals surface area contributed by atoms with Crippen LogP contribution in [0.2, 0.25) is 0 Å². The van der Waals surface area contributed by atoms with E-state index in [-0.39, 0.29) is 23.9 Å². The molecule has 8 nitrogen and oxygen atoms in total. The van der Waals surface area contributed by atoms with Gasteiger partial charge in [0.05, 0.1) is 19.8 Å². The van der Waals surface area contributed by atoms with E-state index in [2.05, 4.69) is 12.2 Å². The van der Waals surface area contributed by atoms with Gasteiger partial charge in [-0.3, -0.25) is 4.79 Å². The van der Waals surface area contributed by atoms with Crippen molar-refractivity contribution in [1.29, 1.82) is 0 Å². The summed E-state index contributed by atoms with van der Waals surface area (Å²) in [6.07, 6.45) is 0.775. The van der Waals surface area contributed by atoms with Gasteiger partial charge < -0.3 is 34.6 Å². The van der Waals surface area contributed by atoms with Crippen LogP contribution in [0.15, 0.2) is 12.2 Å². The van der Waals surface area contributed by atoms with Gasteiger partial charge in [0.2, 0.25) is 0 Å². The number of rotatable bonds is 8. The molecule has 1 aliphatic carbocycles. The molecule has 8 atom stereocenters. The van der Waals surface area contributed by atoms with E-state index in [4.69, 9.17) is 14.2 Å². The lowest BCUT2D eigenvalue weighted by molar-refractivity contribution is -0.313. The third-order valence-electron chi connectivity index (χ3n) is 5.53.